The zero-order chi connectivity index (χ0) is 14.7. The van der Waals surface area contributed by atoms with Crippen molar-refractivity contribution >= 4 is 28.9 Å². The molecule has 0 saturated carbocycles. The largest absolute Gasteiger partial charge is 0.396 e. The first kappa shape index (κ1) is 15.2. The number of hydrogen-bond donors (Lipinski definition) is 1. The summed E-state index contributed by atoms with van der Waals surface area (Å²) in [6.45, 7) is 3.74. The van der Waals surface area contributed by atoms with Gasteiger partial charge in [0.15, 0.2) is 0 Å². The fraction of sp³-hybridized carbons (Fsp3) is 0.250. The van der Waals surface area contributed by atoms with E-state index in [1.807, 2.05) is 12.1 Å². The van der Waals surface area contributed by atoms with Crippen molar-refractivity contribution in [2.75, 3.05) is 12.8 Å². The second-order valence-corrected chi connectivity index (χ2v) is 5.95. The van der Waals surface area contributed by atoms with Gasteiger partial charge in [0.25, 0.3) is 0 Å². The number of hydrogen-bond acceptors (Lipinski definition) is 2. The molecule has 106 valence electrons. The van der Waals surface area contributed by atoms with E-state index in [0.29, 0.717) is 15.7 Å². The molecule has 0 unspecified atom stereocenters. The van der Waals surface area contributed by atoms with Gasteiger partial charge >= 0.3 is 0 Å². The number of nitrogens with two attached hydrogens (primary N) is 1. The van der Waals surface area contributed by atoms with Gasteiger partial charge in [-0.15, -0.1) is 0 Å². The number of nitrogens with zero attached hydrogens (tertiary/aromatic N) is 1. The molecule has 0 spiro atoms. The Hall–Kier alpha value is -1.22. The summed E-state index contributed by atoms with van der Waals surface area (Å²) in [5.74, 6) is 0. The third kappa shape index (κ3) is 3.89. The van der Waals surface area contributed by atoms with Crippen LogP contribution in [0.2, 0.25) is 10.0 Å². The molecular formula is C16H18Cl2N2. The fourth-order valence-corrected chi connectivity index (χ4v) is 2.63. The quantitative estimate of drug-likeness (QED) is 0.842. The first-order valence-corrected chi connectivity index (χ1v) is 7.19. The minimum absolute atomic E-state index is 0.443. The van der Waals surface area contributed by atoms with Gasteiger partial charge in [0.1, 0.15) is 0 Å². The molecule has 0 aliphatic carbocycles. The number of benzene rings is 2. The van der Waals surface area contributed by atoms with Crippen molar-refractivity contribution in [3.8, 4) is 0 Å². The maximum absolute atomic E-state index is 6.05. The Balaban J connectivity index is 2.04. The second-order valence-electron chi connectivity index (χ2n) is 5.13. The molecule has 0 saturated heterocycles. The highest BCUT2D eigenvalue weighted by molar-refractivity contribution is 6.38. The predicted molar refractivity (Wildman–Crippen MR) is 87.2 cm³/mol. The molecule has 0 aromatic heterocycles. The lowest BCUT2D eigenvalue weighted by Gasteiger charge is -2.18. The molecule has 0 amide bonds. The van der Waals surface area contributed by atoms with Crippen LogP contribution in [-0.4, -0.2) is 11.9 Å². The molecule has 20 heavy (non-hydrogen) atoms. The Morgan fingerprint density at radius 2 is 1.45 bits per heavy atom. The van der Waals surface area contributed by atoms with Gasteiger partial charge in [-0.05, 0) is 37.2 Å². The molecule has 0 heterocycles. The summed E-state index contributed by atoms with van der Waals surface area (Å²) >= 11 is 12.1. The van der Waals surface area contributed by atoms with E-state index in [1.165, 1.54) is 11.1 Å². The van der Waals surface area contributed by atoms with Crippen LogP contribution < -0.4 is 5.73 Å². The highest BCUT2D eigenvalue weighted by Crippen LogP contribution is 2.29. The van der Waals surface area contributed by atoms with Crippen LogP contribution in [0.15, 0.2) is 36.4 Å². The van der Waals surface area contributed by atoms with Crippen LogP contribution >= 0.6 is 23.2 Å². The van der Waals surface area contributed by atoms with Gasteiger partial charge < -0.3 is 5.73 Å². The lowest BCUT2D eigenvalue weighted by Crippen LogP contribution is -2.17. The van der Waals surface area contributed by atoms with E-state index in [-0.39, 0.29) is 0 Å². The normalized spacial score (nSPS) is 11.1. The Labute approximate surface area is 130 Å². The molecule has 0 aliphatic rings. The molecule has 2 aromatic carbocycles. The first-order chi connectivity index (χ1) is 9.45. The maximum atomic E-state index is 6.05. The van der Waals surface area contributed by atoms with Crippen molar-refractivity contribution in [2.24, 2.45) is 0 Å². The van der Waals surface area contributed by atoms with Gasteiger partial charge in [-0.1, -0.05) is 53.0 Å². The van der Waals surface area contributed by atoms with Crippen molar-refractivity contribution in [3.63, 3.8) is 0 Å². The van der Waals surface area contributed by atoms with Gasteiger partial charge in [-0.25, -0.2) is 0 Å². The lowest BCUT2D eigenvalue weighted by atomic mass is 10.1. The molecule has 0 aliphatic heterocycles. The van der Waals surface area contributed by atoms with E-state index in [0.717, 1.165) is 18.7 Å². The van der Waals surface area contributed by atoms with Crippen LogP contribution in [0.4, 0.5) is 5.69 Å². The van der Waals surface area contributed by atoms with E-state index >= 15 is 0 Å². The molecule has 2 aromatic rings. The number of rotatable bonds is 4. The zero-order valence-corrected chi connectivity index (χ0v) is 13.2. The second kappa shape index (κ2) is 6.49. The summed E-state index contributed by atoms with van der Waals surface area (Å²) < 4.78 is 0. The molecule has 0 atom stereocenters. The monoisotopic (exact) mass is 308 g/mol. The average Bonchev–Trinajstić information content (AvgIpc) is 2.38. The van der Waals surface area contributed by atoms with E-state index < -0.39 is 0 Å². The minimum Gasteiger partial charge on any atom is -0.396 e. The fourth-order valence-electron chi connectivity index (χ4n) is 2.10. The Morgan fingerprint density at radius 1 is 0.950 bits per heavy atom. The molecule has 2 rings (SSSR count). The van der Waals surface area contributed by atoms with Crippen molar-refractivity contribution in [2.45, 2.75) is 20.0 Å². The Morgan fingerprint density at radius 3 is 2.00 bits per heavy atom. The van der Waals surface area contributed by atoms with Crippen molar-refractivity contribution < 1.29 is 0 Å². The van der Waals surface area contributed by atoms with Crippen molar-refractivity contribution in [1.82, 2.24) is 4.90 Å². The van der Waals surface area contributed by atoms with Crippen LogP contribution in [-0.2, 0) is 13.1 Å². The Kier molecular flexibility index (Phi) is 4.92. The highest BCUT2D eigenvalue weighted by Gasteiger charge is 2.07. The van der Waals surface area contributed by atoms with Crippen LogP contribution in [0, 0.1) is 6.92 Å². The first-order valence-electron chi connectivity index (χ1n) is 6.43. The number of nitrogen functional groups attached to an aromatic ring is 1. The third-order valence-electron chi connectivity index (χ3n) is 3.16. The van der Waals surface area contributed by atoms with Gasteiger partial charge in [0.05, 0.1) is 15.7 Å². The zero-order valence-electron chi connectivity index (χ0n) is 11.7. The predicted octanol–water partition coefficient (Wildman–Crippen LogP) is 4.52. The van der Waals surface area contributed by atoms with Crippen molar-refractivity contribution in [3.05, 3.63) is 63.1 Å². The van der Waals surface area contributed by atoms with Gasteiger partial charge in [0, 0.05) is 13.1 Å². The van der Waals surface area contributed by atoms with Crippen molar-refractivity contribution in [1.29, 1.82) is 0 Å². The van der Waals surface area contributed by atoms with Gasteiger partial charge in [-0.3, -0.25) is 4.90 Å². The topological polar surface area (TPSA) is 29.3 Å². The van der Waals surface area contributed by atoms with Gasteiger partial charge in [-0.2, -0.15) is 0 Å². The molecule has 4 heteroatoms. The van der Waals surface area contributed by atoms with Crippen LogP contribution in [0.5, 0.6) is 0 Å². The lowest BCUT2D eigenvalue weighted by molar-refractivity contribution is 0.319. The SMILES string of the molecule is Cc1ccc(CN(C)Cc2cc(Cl)c(N)c(Cl)c2)cc1. The summed E-state index contributed by atoms with van der Waals surface area (Å²) in [6, 6.07) is 12.3. The third-order valence-corrected chi connectivity index (χ3v) is 3.79. The van der Waals surface area contributed by atoms with Crippen LogP contribution in [0.3, 0.4) is 0 Å². The van der Waals surface area contributed by atoms with E-state index in [1.54, 1.807) is 0 Å². The molecule has 0 fully saturated rings. The van der Waals surface area contributed by atoms with E-state index in [9.17, 15) is 0 Å². The summed E-state index contributed by atoms with van der Waals surface area (Å²) in [5.41, 5.74) is 9.80. The Bertz CT molecular complexity index is 571. The molecular weight excluding hydrogens is 291 g/mol. The van der Waals surface area contributed by atoms with E-state index in [4.69, 9.17) is 28.9 Å². The van der Waals surface area contributed by atoms with E-state index in [2.05, 4.69) is 43.1 Å². The molecule has 0 radical (unpaired) electrons. The maximum Gasteiger partial charge on any atom is 0.0693 e. The summed E-state index contributed by atoms with van der Waals surface area (Å²) in [6.07, 6.45) is 0. The van der Waals surface area contributed by atoms with Crippen LogP contribution in [0.1, 0.15) is 16.7 Å². The summed E-state index contributed by atoms with van der Waals surface area (Å²) in [5, 5.41) is 1.02. The number of halogens is 2. The highest BCUT2D eigenvalue weighted by atomic mass is 35.5. The summed E-state index contributed by atoms with van der Waals surface area (Å²) in [4.78, 5) is 2.21. The minimum atomic E-state index is 0.443. The van der Waals surface area contributed by atoms with Crippen LogP contribution in [0.25, 0.3) is 0 Å². The standard InChI is InChI=1S/C16H18Cl2N2/c1-11-3-5-12(6-4-11)9-20(2)10-13-7-14(17)16(19)15(18)8-13/h3-8H,9-10,19H2,1-2H3. The average molecular weight is 309 g/mol. The summed E-state index contributed by atoms with van der Waals surface area (Å²) in [7, 11) is 2.07. The number of anilines is 1. The smallest absolute Gasteiger partial charge is 0.0693 e. The number of aryl methyl sites for hydroxylation is 1. The molecule has 2 N–H and O–H groups in total. The molecule has 2 nitrogen and oxygen atoms in total. The molecule has 0 bridgehead atoms. The van der Waals surface area contributed by atoms with Gasteiger partial charge in [0.2, 0.25) is 0 Å².